The number of hydrogen-bond acceptors (Lipinski definition) is 2. The number of nitrogens with zero attached hydrogens (tertiary/aromatic N) is 2. The summed E-state index contributed by atoms with van der Waals surface area (Å²) in [6.45, 7) is 4.81. The third-order valence-electron chi connectivity index (χ3n) is 16.5. The van der Waals surface area contributed by atoms with Gasteiger partial charge in [-0.1, -0.05) is 189 Å². The lowest BCUT2D eigenvalue weighted by Gasteiger charge is -2.39. The molecule has 1 aliphatic heterocycles. The van der Waals surface area contributed by atoms with Crippen molar-refractivity contribution in [1.82, 2.24) is 4.90 Å². The van der Waals surface area contributed by atoms with Crippen LogP contribution in [0.2, 0.25) is 0 Å². The molecule has 9 atom stereocenters. The van der Waals surface area contributed by atoms with Gasteiger partial charge in [0.15, 0.2) is 0 Å². The molecule has 2 heteroatoms. The van der Waals surface area contributed by atoms with E-state index in [1.54, 1.807) is 5.57 Å². The SMILES string of the molecule is CC1CC=CC=C1C1C=CC(N(c2ccc(C3=CC4C5C=CC=CC5N(C5CC=CCC5)C4C=C3)cc2)c2ccc3c(c2)C(C2=CC=CCC2)(c2ccccc2)C2=C3CCC=C2)=CC1C. The molecule has 0 radical (unpaired) electrons. The zero-order valence-corrected chi connectivity index (χ0v) is 38.1. The predicted octanol–water partition coefficient (Wildman–Crippen LogP) is 15.2. The van der Waals surface area contributed by atoms with E-state index in [0.717, 1.165) is 38.5 Å². The van der Waals surface area contributed by atoms with Crippen molar-refractivity contribution in [1.29, 1.82) is 0 Å². The van der Waals surface area contributed by atoms with Gasteiger partial charge in [-0.2, -0.15) is 0 Å². The minimum atomic E-state index is -0.338. The van der Waals surface area contributed by atoms with Crippen molar-refractivity contribution >= 4 is 22.5 Å². The van der Waals surface area contributed by atoms with E-state index in [0.29, 0.717) is 47.7 Å². The minimum Gasteiger partial charge on any atom is -0.311 e. The maximum atomic E-state index is 2.86. The Hall–Kier alpha value is -5.96. The summed E-state index contributed by atoms with van der Waals surface area (Å²) in [6.07, 6.45) is 57.3. The van der Waals surface area contributed by atoms with Crippen LogP contribution in [0.1, 0.15) is 87.5 Å². The Morgan fingerprint density at radius 1 is 0.646 bits per heavy atom. The smallest absolute Gasteiger partial charge is 0.0674 e. The van der Waals surface area contributed by atoms with E-state index in [-0.39, 0.29) is 5.41 Å². The molecule has 9 unspecified atom stereocenters. The van der Waals surface area contributed by atoms with Crippen LogP contribution in [-0.4, -0.2) is 23.0 Å². The topological polar surface area (TPSA) is 6.48 Å². The Morgan fingerprint density at radius 3 is 2.29 bits per heavy atom. The highest BCUT2D eigenvalue weighted by molar-refractivity contribution is 5.90. The van der Waals surface area contributed by atoms with Gasteiger partial charge >= 0.3 is 0 Å². The first-order valence-corrected chi connectivity index (χ1v) is 24.9. The number of hydrogen-bond donors (Lipinski definition) is 0. The molecule has 1 saturated heterocycles. The Morgan fingerprint density at radius 2 is 1.48 bits per heavy atom. The first-order valence-electron chi connectivity index (χ1n) is 24.9. The fourth-order valence-corrected chi connectivity index (χ4v) is 13.5. The van der Waals surface area contributed by atoms with Gasteiger partial charge in [0, 0.05) is 53.0 Å². The van der Waals surface area contributed by atoms with E-state index in [1.807, 2.05) is 0 Å². The van der Waals surface area contributed by atoms with Crippen LogP contribution >= 0.6 is 0 Å². The summed E-state index contributed by atoms with van der Waals surface area (Å²) >= 11 is 0. The Balaban J connectivity index is 0.953. The van der Waals surface area contributed by atoms with Crippen LogP contribution in [0, 0.1) is 29.6 Å². The van der Waals surface area contributed by atoms with Gasteiger partial charge in [0.25, 0.3) is 0 Å². The average molecular weight is 847 g/mol. The van der Waals surface area contributed by atoms with Crippen LogP contribution < -0.4 is 4.90 Å². The van der Waals surface area contributed by atoms with Crippen molar-refractivity contribution in [2.45, 2.75) is 88.8 Å². The largest absolute Gasteiger partial charge is 0.311 e. The molecular weight excluding hydrogens is 785 g/mol. The summed E-state index contributed by atoms with van der Waals surface area (Å²) in [4.78, 5) is 5.41. The number of anilines is 2. The van der Waals surface area contributed by atoms with Gasteiger partial charge in [-0.05, 0) is 133 Å². The number of rotatable bonds is 8. The quantitative estimate of drug-likeness (QED) is 0.208. The van der Waals surface area contributed by atoms with E-state index < -0.39 is 0 Å². The number of likely N-dealkylation sites (tertiary alicyclic amines) is 1. The van der Waals surface area contributed by atoms with E-state index >= 15 is 0 Å². The molecule has 0 spiro atoms. The summed E-state index contributed by atoms with van der Waals surface area (Å²) in [5.74, 6) is 2.28. The zero-order valence-electron chi connectivity index (χ0n) is 38.1. The lowest BCUT2D eigenvalue weighted by Crippen LogP contribution is -2.45. The standard InChI is InChI=1S/C63H62N2/c1-43-18-12-13-25-53(43)54-37-35-51(40-44(54)2)64(50-33-30-45(31-34-50)46-32-39-62-58(41-46)57-27-15-17-29-61(57)65(62)49-23-10-5-11-24-49)52-36-38-56-55-26-14-16-28-59(55)63(60(56)42-52,47-19-6-3-7-20-47)48-21-8-4-9-22-48/h3-8,10,12-13,15-17,19-21,25,27-44,49,54,57-58,61-62H,9,11,14,18,22-24,26H2,1-2H3. The molecule has 0 amide bonds. The van der Waals surface area contributed by atoms with Gasteiger partial charge in [-0.3, -0.25) is 4.90 Å². The summed E-state index contributed by atoms with van der Waals surface area (Å²) in [7, 11) is 0. The van der Waals surface area contributed by atoms with Crippen molar-refractivity contribution in [3.05, 3.63) is 239 Å². The number of allylic oxidation sites excluding steroid dienone is 20. The summed E-state index contributed by atoms with van der Waals surface area (Å²) in [5, 5.41) is 0. The average Bonchev–Trinajstić information content (AvgIpc) is 3.86. The first-order chi connectivity index (χ1) is 32.1. The second-order valence-corrected chi connectivity index (χ2v) is 20.1. The van der Waals surface area contributed by atoms with Gasteiger partial charge in [0.05, 0.1) is 5.41 Å². The molecule has 1 fully saturated rings. The molecule has 3 aromatic rings. The van der Waals surface area contributed by atoms with E-state index in [1.165, 1.54) is 74.5 Å². The highest BCUT2D eigenvalue weighted by atomic mass is 15.2. The highest BCUT2D eigenvalue weighted by Gasteiger charge is 2.50. The first kappa shape index (κ1) is 40.5. The molecule has 3 aromatic carbocycles. The van der Waals surface area contributed by atoms with E-state index in [4.69, 9.17) is 0 Å². The summed E-state index contributed by atoms with van der Waals surface area (Å²) in [6, 6.07) is 29.9. The fraction of sp³-hybridized carbons (Fsp3) is 0.302. The van der Waals surface area contributed by atoms with Crippen molar-refractivity contribution in [2.75, 3.05) is 4.90 Å². The second kappa shape index (κ2) is 16.8. The Kier molecular flexibility index (Phi) is 10.5. The normalized spacial score (nSPS) is 31.8. The maximum Gasteiger partial charge on any atom is 0.0674 e. The summed E-state index contributed by atoms with van der Waals surface area (Å²) in [5.41, 5.74) is 16.2. The van der Waals surface area contributed by atoms with Crippen LogP contribution in [0.5, 0.6) is 0 Å². The van der Waals surface area contributed by atoms with Gasteiger partial charge in [-0.15, -0.1) is 0 Å². The fourth-order valence-electron chi connectivity index (χ4n) is 13.5. The molecule has 65 heavy (non-hydrogen) atoms. The number of benzene rings is 3. The molecule has 0 aromatic heterocycles. The van der Waals surface area contributed by atoms with Crippen molar-refractivity contribution in [3.63, 3.8) is 0 Å². The van der Waals surface area contributed by atoms with Crippen molar-refractivity contribution in [2.24, 2.45) is 29.6 Å². The van der Waals surface area contributed by atoms with Gasteiger partial charge in [0.1, 0.15) is 0 Å². The van der Waals surface area contributed by atoms with Crippen LogP contribution in [0.3, 0.4) is 0 Å². The molecule has 2 nitrogen and oxygen atoms in total. The van der Waals surface area contributed by atoms with Crippen molar-refractivity contribution < 1.29 is 0 Å². The molecule has 0 bridgehead atoms. The molecule has 9 aliphatic rings. The third-order valence-corrected chi connectivity index (χ3v) is 16.5. The number of fused-ring (bicyclic) bond motifs is 5. The lowest BCUT2D eigenvalue weighted by molar-refractivity contribution is 0.152. The van der Waals surface area contributed by atoms with E-state index in [2.05, 4.69) is 218 Å². The van der Waals surface area contributed by atoms with Gasteiger partial charge in [-0.25, -0.2) is 0 Å². The molecule has 1 heterocycles. The third kappa shape index (κ3) is 6.77. The molecule has 0 saturated carbocycles. The predicted molar refractivity (Wildman–Crippen MR) is 273 cm³/mol. The van der Waals surface area contributed by atoms with Crippen LogP contribution in [0.25, 0.3) is 11.1 Å². The zero-order chi connectivity index (χ0) is 43.5. The maximum absolute atomic E-state index is 2.86. The molecule has 8 aliphatic carbocycles. The molecule has 12 rings (SSSR count). The van der Waals surface area contributed by atoms with Crippen molar-refractivity contribution in [3.8, 4) is 0 Å². The summed E-state index contributed by atoms with van der Waals surface area (Å²) < 4.78 is 0. The monoisotopic (exact) mass is 846 g/mol. The van der Waals surface area contributed by atoms with Crippen LogP contribution in [0.15, 0.2) is 217 Å². The molecular formula is C63H62N2. The lowest BCUT2D eigenvalue weighted by atomic mass is 9.64. The van der Waals surface area contributed by atoms with Crippen LogP contribution in [-0.2, 0) is 5.41 Å². The molecule has 0 N–H and O–H groups in total. The second-order valence-electron chi connectivity index (χ2n) is 20.1. The van der Waals surface area contributed by atoms with Crippen LogP contribution in [0.4, 0.5) is 11.4 Å². The van der Waals surface area contributed by atoms with Gasteiger partial charge < -0.3 is 4.90 Å². The highest BCUT2D eigenvalue weighted by Crippen LogP contribution is 2.59. The molecule has 324 valence electrons. The van der Waals surface area contributed by atoms with Gasteiger partial charge in [0.2, 0.25) is 0 Å². The van der Waals surface area contributed by atoms with E-state index in [9.17, 15) is 0 Å². The Labute approximate surface area is 387 Å². The minimum absolute atomic E-state index is 0.338. The Bertz CT molecular complexity index is 2790.